The van der Waals surface area contributed by atoms with Crippen LogP contribution < -0.4 is 5.32 Å². The van der Waals surface area contributed by atoms with Crippen LogP contribution >= 0.6 is 0 Å². The third kappa shape index (κ3) is 3.26. The third-order valence-corrected chi connectivity index (χ3v) is 3.95. The van der Waals surface area contributed by atoms with Crippen molar-refractivity contribution >= 4 is 34.0 Å². The number of rotatable bonds is 4. The summed E-state index contributed by atoms with van der Waals surface area (Å²) in [5.41, 5.74) is 4.80. The molecule has 0 atom stereocenters. The van der Waals surface area contributed by atoms with Crippen molar-refractivity contribution in [2.24, 2.45) is 17.3 Å². The Hall–Kier alpha value is -3.47. The summed E-state index contributed by atoms with van der Waals surface area (Å²) in [5.74, 6) is 0.590. The fraction of sp³-hybridized carbons (Fsp3) is 0.0500. The number of benzene rings is 3. The van der Waals surface area contributed by atoms with Crippen molar-refractivity contribution in [1.29, 1.82) is 0 Å². The molecule has 0 fully saturated rings. The van der Waals surface area contributed by atoms with E-state index in [2.05, 4.69) is 20.5 Å². The summed E-state index contributed by atoms with van der Waals surface area (Å²) >= 11 is 0. The van der Waals surface area contributed by atoms with Crippen LogP contribution in [0.3, 0.4) is 0 Å². The predicted octanol–water partition coefficient (Wildman–Crippen LogP) is 5.73. The molecule has 4 aromatic rings. The van der Waals surface area contributed by atoms with Gasteiger partial charge in [0.25, 0.3) is 0 Å². The number of hydrogen-bond donors (Lipinski definition) is 1. The highest BCUT2D eigenvalue weighted by Crippen LogP contribution is 2.24. The molecule has 5 nitrogen and oxygen atoms in total. The molecule has 0 bridgehead atoms. The number of anilines is 2. The molecule has 122 valence electrons. The number of hydrogen-bond acceptors (Lipinski definition) is 4. The second kappa shape index (κ2) is 6.57. The monoisotopic (exact) mass is 327 g/mol. The van der Waals surface area contributed by atoms with Gasteiger partial charge in [-0.25, -0.2) is 4.98 Å². The third-order valence-electron chi connectivity index (χ3n) is 3.95. The van der Waals surface area contributed by atoms with E-state index in [1.807, 2.05) is 90.5 Å². The Labute approximate surface area is 145 Å². The molecule has 5 heteroatoms. The van der Waals surface area contributed by atoms with Crippen molar-refractivity contribution < 1.29 is 0 Å². The Morgan fingerprint density at radius 1 is 0.760 bits per heavy atom. The smallest absolute Gasteiger partial charge is 0.250 e. The molecule has 1 aromatic heterocycles. The van der Waals surface area contributed by atoms with Crippen LogP contribution in [-0.4, -0.2) is 9.55 Å². The van der Waals surface area contributed by atoms with Gasteiger partial charge in [0, 0.05) is 18.4 Å². The maximum Gasteiger partial charge on any atom is 0.250 e. The number of aromatic nitrogens is 2. The molecule has 0 saturated carbocycles. The van der Waals surface area contributed by atoms with Crippen LogP contribution in [0.1, 0.15) is 0 Å². The Kier molecular flexibility index (Phi) is 3.96. The van der Waals surface area contributed by atoms with Crippen LogP contribution in [-0.2, 0) is 7.05 Å². The minimum atomic E-state index is 0.590. The zero-order valence-electron chi connectivity index (χ0n) is 13.8. The molecule has 25 heavy (non-hydrogen) atoms. The lowest BCUT2D eigenvalue weighted by Gasteiger charge is -2.05. The van der Waals surface area contributed by atoms with Crippen LogP contribution in [0, 0.1) is 0 Å². The van der Waals surface area contributed by atoms with Gasteiger partial charge in [0.15, 0.2) is 0 Å². The number of azo groups is 1. The average Bonchev–Trinajstić information content (AvgIpc) is 2.98. The first kappa shape index (κ1) is 15.1. The molecule has 0 aliphatic carbocycles. The van der Waals surface area contributed by atoms with Gasteiger partial charge in [0.2, 0.25) is 5.95 Å². The van der Waals surface area contributed by atoms with E-state index in [4.69, 9.17) is 0 Å². The topological polar surface area (TPSA) is 54.6 Å². The van der Waals surface area contributed by atoms with Crippen LogP contribution in [0.4, 0.5) is 23.0 Å². The largest absolute Gasteiger partial charge is 0.356 e. The zero-order chi connectivity index (χ0) is 17.1. The van der Waals surface area contributed by atoms with Gasteiger partial charge in [0.1, 0.15) is 0 Å². The van der Waals surface area contributed by atoms with E-state index in [1.54, 1.807) is 0 Å². The highest BCUT2D eigenvalue weighted by molar-refractivity contribution is 5.77. The van der Waals surface area contributed by atoms with E-state index in [9.17, 15) is 0 Å². The zero-order valence-corrected chi connectivity index (χ0v) is 13.8. The summed E-state index contributed by atoms with van der Waals surface area (Å²) in [4.78, 5) is 4.49. The summed E-state index contributed by atoms with van der Waals surface area (Å²) in [6.45, 7) is 0. The number of aryl methyl sites for hydroxylation is 1. The second-order valence-electron chi connectivity index (χ2n) is 5.70. The number of nitrogens with one attached hydrogen (secondary N) is 1. The van der Waals surface area contributed by atoms with E-state index in [0.29, 0.717) is 5.95 Å². The lowest BCUT2D eigenvalue weighted by atomic mass is 10.2. The van der Waals surface area contributed by atoms with Gasteiger partial charge < -0.3 is 9.88 Å². The van der Waals surface area contributed by atoms with Gasteiger partial charge in [0.05, 0.1) is 16.7 Å². The summed E-state index contributed by atoms with van der Waals surface area (Å²) in [7, 11) is 1.94. The van der Waals surface area contributed by atoms with E-state index in [-0.39, 0.29) is 0 Å². The average molecular weight is 327 g/mol. The Morgan fingerprint density at radius 2 is 1.44 bits per heavy atom. The fourth-order valence-electron chi connectivity index (χ4n) is 2.62. The van der Waals surface area contributed by atoms with Crippen molar-refractivity contribution in [3.8, 4) is 0 Å². The highest BCUT2D eigenvalue weighted by atomic mass is 15.3. The minimum absolute atomic E-state index is 0.590. The second-order valence-corrected chi connectivity index (χ2v) is 5.70. The molecule has 3 aromatic carbocycles. The molecule has 1 N–H and O–H groups in total. The first-order chi connectivity index (χ1) is 12.3. The first-order valence-corrected chi connectivity index (χ1v) is 8.05. The Morgan fingerprint density at radius 3 is 2.20 bits per heavy atom. The molecule has 4 rings (SSSR count). The van der Waals surface area contributed by atoms with Crippen LogP contribution in [0.15, 0.2) is 89.1 Å². The molecule has 0 amide bonds. The molecule has 1 heterocycles. The number of nitrogens with zero attached hydrogens (tertiary/aromatic N) is 4. The Bertz CT molecular complexity index is 1020. The van der Waals surface area contributed by atoms with Crippen molar-refractivity contribution in [3.63, 3.8) is 0 Å². The minimum Gasteiger partial charge on any atom is -0.356 e. The number of imidazole rings is 1. The number of para-hydroxylation sites is 3. The maximum absolute atomic E-state index is 4.49. The molecule has 0 aliphatic rings. The first-order valence-electron chi connectivity index (χ1n) is 8.05. The summed E-state index contributed by atoms with van der Waals surface area (Å²) in [6.07, 6.45) is 0. The van der Waals surface area contributed by atoms with Crippen LogP contribution in [0.2, 0.25) is 0 Å². The van der Waals surface area contributed by atoms with Crippen molar-refractivity contribution in [3.05, 3.63) is 78.9 Å². The van der Waals surface area contributed by atoms with Crippen LogP contribution in [0.25, 0.3) is 11.0 Å². The van der Waals surface area contributed by atoms with Crippen molar-refractivity contribution in [1.82, 2.24) is 9.55 Å². The molecule has 0 unspecified atom stereocenters. The van der Waals surface area contributed by atoms with Gasteiger partial charge >= 0.3 is 0 Å². The van der Waals surface area contributed by atoms with Gasteiger partial charge in [-0.1, -0.05) is 30.3 Å². The lowest BCUT2D eigenvalue weighted by Crippen LogP contribution is -1.88. The fourth-order valence-corrected chi connectivity index (χ4v) is 2.62. The Balaban J connectivity index is 1.52. The molecule has 0 aliphatic heterocycles. The predicted molar refractivity (Wildman–Crippen MR) is 101 cm³/mol. The van der Waals surface area contributed by atoms with Gasteiger partial charge in [-0.05, 0) is 48.5 Å². The molecule has 0 saturated heterocycles. The normalized spacial score (nSPS) is 11.2. The maximum atomic E-state index is 4.49. The molecule has 0 spiro atoms. The van der Waals surface area contributed by atoms with Crippen molar-refractivity contribution in [2.75, 3.05) is 5.32 Å². The van der Waals surface area contributed by atoms with Crippen molar-refractivity contribution in [2.45, 2.75) is 0 Å². The quantitative estimate of drug-likeness (QED) is 0.486. The SMILES string of the molecule is Cn1c(/N=N/c2ccc(Nc3ccccc3)cc2)nc2ccccc21. The lowest BCUT2D eigenvalue weighted by molar-refractivity contribution is 0.921. The van der Waals surface area contributed by atoms with Crippen LogP contribution in [0.5, 0.6) is 0 Å². The highest BCUT2D eigenvalue weighted by Gasteiger charge is 2.05. The molecular weight excluding hydrogens is 310 g/mol. The number of fused-ring (bicyclic) bond motifs is 1. The van der Waals surface area contributed by atoms with Gasteiger partial charge in [-0.15, -0.1) is 10.2 Å². The van der Waals surface area contributed by atoms with E-state index >= 15 is 0 Å². The van der Waals surface area contributed by atoms with Gasteiger partial charge in [-0.2, -0.15) is 0 Å². The molecular formula is C20H17N5. The van der Waals surface area contributed by atoms with Gasteiger partial charge in [-0.3, -0.25) is 0 Å². The summed E-state index contributed by atoms with van der Waals surface area (Å²) in [6, 6.07) is 25.8. The summed E-state index contributed by atoms with van der Waals surface area (Å²) in [5, 5.41) is 11.9. The van der Waals surface area contributed by atoms with E-state index in [0.717, 1.165) is 28.1 Å². The summed E-state index contributed by atoms with van der Waals surface area (Å²) < 4.78 is 1.93. The molecule has 0 radical (unpaired) electrons. The standard InChI is InChI=1S/C20H17N5/c1-25-19-10-6-5-9-18(19)22-20(25)24-23-17-13-11-16(12-14-17)21-15-7-3-2-4-8-15/h2-14,21H,1H3/b24-23+. The van der Waals surface area contributed by atoms with E-state index in [1.165, 1.54) is 0 Å². The van der Waals surface area contributed by atoms with E-state index < -0.39 is 0 Å².